The first-order chi connectivity index (χ1) is 20.5. The Hall–Kier alpha value is -2.85. The highest BCUT2D eigenvalue weighted by Gasteiger charge is 2.32. The van der Waals surface area contributed by atoms with Crippen LogP contribution in [0.3, 0.4) is 0 Å². The highest BCUT2D eigenvalue weighted by molar-refractivity contribution is 5.99. The third-order valence-electron chi connectivity index (χ3n) is 8.51. The number of rotatable bonds is 7. The molecule has 1 heterocycles. The number of anilines is 1. The number of fused-ring (bicyclic) bond motifs is 1. The van der Waals surface area contributed by atoms with Crippen molar-refractivity contribution in [2.24, 2.45) is 11.8 Å². The van der Waals surface area contributed by atoms with Crippen molar-refractivity contribution in [2.75, 3.05) is 38.7 Å². The zero-order chi connectivity index (χ0) is 31.5. The zero-order valence-corrected chi connectivity index (χ0v) is 27.1. The number of nitrogens with zero attached hydrogens (tertiary/aromatic N) is 2. The van der Waals surface area contributed by atoms with E-state index in [2.05, 4.69) is 10.6 Å². The Balaban J connectivity index is 1.90. The molecule has 1 aromatic rings. The lowest BCUT2D eigenvalue weighted by Crippen LogP contribution is -2.48. The zero-order valence-electron chi connectivity index (χ0n) is 27.1. The van der Waals surface area contributed by atoms with Gasteiger partial charge in [0.2, 0.25) is 5.91 Å². The van der Waals surface area contributed by atoms with Crippen molar-refractivity contribution in [1.29, 1.82) is 0 Å². The van der Waals surface area contributed by atoms with Crippen LogP contribution in [0.2, 0.25) is 0 Å². The smallest absolute Gasteiger partial charge is 0.319 e. The first-order valence-corrected chi connectivity index (χ1v) is 16.2. The van der Waals surface area contributed by atoms with Crippen molar-refractivity contribution < 1.29 is 29.0 Å². The first kappa shape index (κ1) is 34.6. The molecule has 3 rings (SSSR count). The summed E-state index contributed by atoms with van der Waals surface area (Å²) in [6.07, 6.45) is 7.38. The van der Waals surface area contributed by atoms with Crippen LogP contribution in [-0.4, -0.2) is 90.4 Å². The number of carbonyl (C=O) groups is 3. The second kappa shape index (κ2) is 16.9. The van der Waals surface area contributed by atoms with Crippen LogP contribution in [0.4, 0.5) is 10.5 Å². The average molecular weight is 603 g/mol. The highest BCUT2D eigenvalue weighted by Crippen LogP contribution is 2.29. The number of hydrogen-bond acceptors (Lipinski definition) is 6. The molecule has 4 atom stereocenters. The van der Waals surface area contributed by atoms with Gasteiger partial charge in [-0.1, -0.05) is 26.2 Å². The van der Waals surface area contributed by atoms with Gasteiger partial charge in [0.15, 0.2) is 0 Å². The van der Waals surface area contributed by atoms with Gasteiger partial charge in [0.25, 0.3) is 5.91 Å². The first-order valence-electron chi connectivity index (χ1n) is 16.2. The molecule has 2 aliphatic rings. The van der Waals surface area contributed by atoms with E-state index in [9.17, 15) is 19.5 Å². The summed E-state index contributed by atoms with van der Waals surface area (Å²) in [5.74, 6) is 0.268. The Morgan fingerprint density at radius 1 is 1.07 bits per heavy atom. The minimum atomic E-state index is -0.476. The minimum absolute atomic E-state index is 0.0438. The number of hydrogen-bond donors (Lipinski definition) is 3. The number of aliphatic hydroxyl groups is 1. The molecule has 0 aromatic heterocycles. The predicted molar refractivity (Wildman–Crippen MR) is 168 cm³/mol. The molecule has 4 amide bonds. The van der Waals surface area contributed by atoms with E-state index in [0.29, 0.717) is 36.7 Å². The monoisotopic (exact) mass is 602 g/mol. The Kier molecular flexibility index (Phi) is 13.6. The Labute approximate surface area is 257 Å². The summed E-state index contributed by atoms with van der Waals surface area (Å²) in [4.78, 5) is 43.4. The minimum Gasteiger partial charge on any atom is -0.490 e. The van der Waals surface area contributed by atoms with Crippen LogP contribution in [0.5, 0.6) is 5.75 Å². The molecular weight excluding hydrogens is 548 g/mol. The normalized spacial score (nSPS) is 23.5. The molecule has 10 nitrogen and oxygen atoms in total. The fourth-order valence-corrected chi connectivity index (χ4v) is 5.91. The van der Waals surface area contributed by atoms with Gasteiger partial charge in [0.1, 0.15) is 5.75 Å². The maximum absolute atomic E-state index is 14.2. The summed E-state index contributed by atoms with van der Waals surface area (Å²) in [5.41, 5.74) is 0.789. The molecule has 0 unspecified atom stereocenters. The van der Waals surface area contributed by atoms with Gasteiger partial charge in [0, 0.05) is 50.3 Å². The lowest BCUT2D eigenvalue weighted by atomic mass is 9.88. The summed E-state index contributed by atoms with van der Waals surface area (Å²) < 4.78 is 12.7. The van der Waals surface area contributed by atoms with Crippen molar-refractivity contribution in [2.45, 2.75) is 110 Å². The molecule has 10 heteroatoms. The number of ether oxygens (including phenoxy) is 2. The second-order valence-electron chi connectivity index (χ2n) is 12.8. The molecule has 1 aliphatic carbocycles. The van der Waals surface area contributed by atoms with Crippen molar-refractivity contribution in [1.82, 2.24) is 15.1 Å². The van der Waals surface area contributed by atoms with Gasteiger partial charge in [-0.25, -0.2) is 4.79 Å². The Morgan fingerprint density at radius 2 is 1.77 bits per heavy atom. The van der Waals surface area contributed by atoms with E-state index in [-0.39, 0.29) is 54.5 Å². The van der Waals surface area contributed by atoms with Crippen LogP contribution < -0.4 is 15.4 Å². The van der Waals surface area contributed by atoms with Crippen LogP contribution in [0.15, 0.2) is 18.2 Å². The van der Waals surface area contributed by atoms with E-state index >= 15 is 0 Å². The maximum Gasteiger partial charge on any atom is 0.319 e. The van der Waals surface area contributed by atoms with Crippen LogP contribution in [0.1, 0.15) is 96.3 Å². The number of benzene rings is 1. The second-order valence-corrected chi connectivity index (χ2v) is 12.8. The molecule has 1 aliphatic heterocycles. The van der Waals surface area contributed by atoms with Crippen LogP contribution >= 0.6 is 0 Å². The average Bonchev–Trinajstić information content (AvgIpc) is 2.98. The number of likely N-dealkylation sites (N-methyl/N-ethyl adjacent to an activating group) is 1. The van der Waals surface area contributed by atoms with Gasteiger partial charge in [0.05, 0.1) is 30.4 Å². The summed E-state index contributed by atoms with van der Waals surface area (Å²) in [7, 11) is 1.86. The van der Waals surface area contributed by atoms with Crippen LogP contribution in [0, 0.1) is 11.8 Å². The molecule has 1 fully saturated rings. The molecule has 242 valence electrons. The SMILES string of the molecule is CC(C)NC(=O)Nc1ccc2c(c1)C(=O)N([C@H](C)CO)C[C@@H](C)[C@@H](CN(C)C(=O)C1CCCCC1)OCCCC[C@H](C)O2. The molecular formula is C33H54N4O6. The lowest BCUT2D eigenvalue weighted by molar-refractivity contribution is -0.137. The van der Waals surface area contributed by atoms with Crippen molar-refractivity contribution in [3.05, 3.63) is 23.8 Å². The molecule has 0 spiro atoms. The van der Waals surface area contributed by atoms with Crippen molar-refractivity contribution >= 4 is 23.5 Å². The molecule has 0 saturated heterocycles. The van der Waals surface area contributed by atoms with Crippen molar-refractivity contribution in [3.8, 4) is 5.75 Å². The predicted octanol–water partition coefficient (Wildman–Crippen LogP) is 5.05. The number of amides is 4. The topological polar surface area (TPSA) is 120 Å². The maximum atomic E-state index is 14.2. The third kappa shape index (κ3) is 10.4. The van der Waals surface area contributed by atoms with E-state index in [0.717, 1.165) is 44.9 Å². The quantitative estimate of drug-likeness (QED) is 0.402. The molecule has 3 N–H and O–H groups in total. The Bertz CT molecular complexity index is 1060. The number of nitrogens with one attached hydrogen (secondary N) is 2. The summed E-state index contributed by atoms with van der Waals surface area (Å²) in [6, 6.07) is 4.21. The van der Waals surface area contributed by atoms with Gasteiger partial charge >= 0.3 is 6.03 Å². The number of urea groups is 1. The van der Waals surface area contributed by atoms with Crippen LogP contribution in [-0.2, 0) is 9.53 Å². The molecule has 1 saturated carbocycles. The number of carbonyl (C=O) groups excluding carboxylic acids is 3. The molecule has 1 aromatic carbocycles. The molecule has 0 radical (unpaired) electrons. The van der Waals surface area contributed by atoms with E-state index in [4.69, 9.17) is 9.47 Å². The van der Waals surface area contributed by atoms with Gasteiger partial charge in [-0.05, 0) is 78.0 Å². The molecule has 43 heavy (non-hydrogen) atoms. The van der Waals surface area contributed by atoms with Gasteiger partial charge < -0.3 is 35.0 Å². The largest absolute Gasteiger partial charge is 0.490 e. The summed E-state index contributed by atoms with van der Waals surface area (Å²) in [5, 5.41) is 15.8. The van der Waals surface area contributed by atoms with E-state index in [1.165, 1.54) is 6.42 Å². The standard InChI is InChI=1S/C33H54N4O6/c1-22(2)34-33(41)35-27-15-16-29-28(18-27)32(40)37(24(4)21-38)19-23(3)30(42-17-11-10-12-25(5)43-29)20-36(6)31(39)26-13-8-7-9-14-26/h15-16,18,22-26,30,38H,7-14,17,19-21H2,1-6H3,(H2,34,35,41)/t23-,24-,25+,30-/m1/s1. The lowest BCUT2D eigenvalue weighted by Gasteiger charge is -2.36. The van der Waals surface area contributed by atoms with E-state index in [1.807, 2.05) is 46.6 Å². The fraction of sp³-hybridized carbons (Fsp3) is 0.727. The molecule has 0 bridgehead atoms. The van der Waals surface area contributed by atoms with Crippen molar-refractivity contribution in [3.63, 3.8) is 0 Å². The fourth-order valence-electron chi connectivity index (χ4n) is 5.91. The van der Waals surface area contributed by atoms with E-state index in [1.54, 1.807) is 23.1 Å². The highest BCUT2D eigenvalue weighted by atomic mass is 16.5. The Morgan fingerprint density at radius 3 is 2.44 bits per heavy atom. The van der Waals surface area contributed by atoms with Gasteiger partial charge in [-0.15, -0.1) is 0 Å². The summed E-state index contributed by atoms with van der Waals surface area (Å²) in [6.45, 7) is 10.7. The van der Waals surface area contributed by atoms with Gasteiger partial charge in [-0.3, -0.25) is 9.59 Å². The summed E-state index contributed by atoms with van der Waals surface area (Å²) >= 11 is 0. The van der Waals surface area contributed by atoms with Crippen LogP contribution in [0.25, 0.3) is 0 Å². The third-order valence-corrected chi connectivity index (χ3v) is 8.51. The number of aliphatic hydroxyl groups excluding tert-OH is 1. The van der Waals surface area contributed by atoms with E-state index < -0.39 is 6.04 Å². The van der Waals surface area contributed by atoms with Gasteiger partial charge in [-0.2, -0.15) is 0 Å².